The summed E-state index contributed by atoms with van der Waals surface area (Å²) in [5, 5.41) is 8.18. The Morgan fingerprint density at radius 3 is 1.82 bits per heavy atom. The van der Waals surface area contributed by atoms with Gasteiger partial charge in [-0.25, -0.2) is 9.97 Å². The number of para-hydroxylation sites is 2. The Morgan fingerprint density at radius 2 is 1.02 bits per heavy atom. The molecule has 0 saturated heterocycles. The summed E-state index contributed by atoms with van der Waals surface area (Å²) in [6, 6.07) is 49.0. The van der Waals surface area contributed by atoms with Crippen LogP contribution >= 0.6 is 0 Å². The molecule has 0 aliphatic carbocycles. The average molecular weight is 562 g/mol. The van der Waals surface area contributed by atoms with Gasteiger partial charge in [-0.3, -0.25) is 8.97 Å². The smallest absolute Gasteiger partial charge is 0.237 e. The standard InChI is InChI=1S/C39H23N5/c1-2-12-24(13-3-1)35-36-38(44-33-21-11-8-17-28(33)27-16-6-7-19-30(27)37(44)40-36)42-39(41-35)43-32-20-10-9-18-29(32)31-22-25-14-4-5-15-26(25)23-34(31)43/h1-23H. The van der Waals surface area contributed by atoms with Crippen LogP contribution in [-0.4, -0.2) is 23.9 Å². The summed E-state index contributed by atoms with van der Waals surface area (Å²) in [4.78, 5) is 16.0. The molecule has 0 atom stereocenters. The summed E-state index contributed by atoms with van der Waals surface area (Å²) in [6.07, 6.45) is 0. The molecule has 0 radical (unpaired) electrons. The van der Waals surface area contributed by atoms with Crippen LogP contribution in [0.1, 0.15) is 0 Å². The molecule has 10 aromatic rings. The summed E-state index contributed by atoms with van der Waals surface area (Å²) in [5.41, 5.74) is 7.49. The predicted molar refractivity (Wildman–Crippen MR) is 181 cm³/mol. The first-order chi connectivity index (χ1) is 21.8. The summed E-state index contributed by atoms with van der Waals surface area (Å²) >= 11 is 0. The summed E-state index contributed by atoms with van der Waals surface area (Å²) in [6.45, 7) is 0. The molecule has 10 rings (SSSR count). The van der Waals surface area contributed by atoms with Gasteiger partial charge in [-0.1, -0.05) is 115 Å². The number of rotatable bonds is 2. The first-order valence-electron chi connectivity index (χ1n) is 14.8. The van der Waals surface area contributed by atoms with Crippen LogP contribution in [0.15, 0.2) is 140 Å². The molecule has 0 aliphatic heterocycles. The fraction of sp³-hybridized carbons (Fsp3) is 0. The molecule has 0 amide bonds. The normalized spacial score (nSPS) is 12.1. The fourth-order valence-corrected chi connectivity index (χ4v) is 6.93. The van der Waals surface area contributed by atoms with Crippen LogP contribution in [-0.2, 0) is 0 Å². The third kappa shape index (κ3) is 3.15. The van der Waals surface area contributed by atoms with Crippen LogP contribution in [0.4, 0.5) is 0 Å². The van der Waals surface area contributed by atoms with E-state index in [2.05, 4.69) is 142 Å². The maximum atomic E-state index is 5.38. The molecule has 44 heavy (non-hydrogen) atoms. The minimum atomic E-state index is 0.622. The maximum Gasteiger partial charge on any atom is 0.237 e. The van der Waals surface area contributed by atoms with Gasteiger partial charge in [-0.15, -0.1) is 0 Å². The fourth-order valence-electron chi connectivity index (χ4n) is 6.93. The van der Waals surface area contributed by atoms with Gasteiger partial charge in [0.05, 0.1) is 16.6 Å². The zero-order chi connectivity index (χ0) is 28.8. The molecule has 0 fully saturated rings. The number of benzene rings is 6. The van der Waals surface area contributed by atoms with Crippen LogP contribution in [0.25, 0.3) is 88.3 Å². The topological polar surface area (TPSA) is 48.0 Å². The van der Waals surface area contributed by atoms with Gasteiger partial charge in [-0.05, 0) is 40.4 Å². The summed E-state index contributed by atoms with van der Waals surface area (Å²) in [5.74, 6) is 0.622. The van der Waals surface area contributed by atoms with Gasteiger partial charge in [0, 0.05) is 27.1 Å². The lowest BCUT2D eigenvalue weighted by atomic mass is 10.1. The SMILES string of the molecule is c1ccc(-c2nc(-n3c4ccccc4c4cc5ccccc5cc43)nc3c2nc2c4ccccc4c4ccccc4n32)cc1. The van der Waals surface area contributed by atoms with Crippen molar-refractivity contribution in [3.05, 3.63) is 140 Å². The Kier molecular flexibility index (Phi) is 4.66. The zero-order valence-corrected chi connectivity index (χ0v) is 23.5. The van der Waals surface area contributed by atoms with Gasteiger partial charge in [-0.2, -0.15) is 4.98 Å². The van der Waals surface area contributed by atoms with Crippen molar-refractivity contribution < 1.29 is 0 Å². The molecule has 0 bridgehead atoms. The number of hydrogen-bond acceptors (Lipinski definition) is 3. The van der Waals surface area contributed by atoms with E-state index in [9.17, 15) is 0 Å². The van der Waals surface area contributed by atoms with E-state index in [0.717, 1.165) is 50.0 Å². The molecule has 0 saturated carbocycles. The lowest BCUT2D eigenvalue weighted by molar-refractivity contribution is 1.00. The molecule has 0 unspecified atom stereocenters. The van der Waals surface area contributed by atoms with Crippen molar-refractivity contribution in [1.82, 2.24) is 23.9 Å². The second kappa shape index (κ2) is 8.72. The number of hydrogen-bond donors (Lipinski definition) is 0. The van der Waals surface area contributed by atoms with Crippen LogP contribution in [0.2, 0.25) is 0 Å². The quantitative estimate of drug-likeness (QED) is 0.198. The highest BCUT2D eigenvalue weighted by atomic mass is 15.2. The van der Waals surface area contributed by atoms with Crippen molar-refractivity contribution in [1.29, 1.82) is 0 Å². The Bertz CT molecular complexity index is 2770. The van der Waals surface area contributed by atoms with Gasteiger partial charge < -0.3 is 0 Å². The van der Waals surface area contributed by atoms with E-state index < -0.39 is 0 Å². The predicted octanol–water partition coefficient (Wildman–Crippen LogP) is 9.50. The molecule has 0 N–H and O–H groups in total. The van der Waals surface area contributed by atoms with E-state index in [1.807, 2.05) is 6.07 Å². The van der Waals surface area contributed by atoms with Crippen LogP contribution in [0.5, 0.6) is 0 Å². The highest BCUT2D eigenvalue weighted by Crippen LogP contribution is 2.37. The molecule has 4 heterocycles. The van der Waals surface area contributed by atoms with Crippen molar-refractivity contribution in [2.45, 2.75) is 0 Å². The van der Waals surface area contributed by atoms with Crippen molar-refractivity contribution >= 4 is 71.1 Å². The van der Waals surface area contributed by atoms with Crippen molar-refractivity contribution in [3.63, 3.8) is 0 Å². The number of fused-ring (bicyclic) bond motifs is 12. The third-order valence-electron chi connectivity index (χ3n) is 8.89. The van der Waals surface area contributed by atoms with Gasteiger partial charge in [0.2, 0.25) is 5.95 Å². The number of aromatic nitrogens is 5. The monoisotopic (exact) mass is 561 g/mol. The van der Waals surface area contributed by atoms with Gasteiger partial charge in [0.1, 0.15) is 16.9 Å². The van der Waals surface area contributed by atoms with E-state index in [1.54, 1.807) is 0 Å². The van der Waals surface area contributed by atoms with Gasteiger partial charge in [0.15, 0.2) is 5.65 Å². The van der Waals surface area contributed by atoms with Crippen LogP contribution < -0.4 is 0 Å². The Labute approximate surface area is 251 Å². The van der Waals surface area contributed by atoms with Crippen molar-refractivity contribution in [2.24, 2.45) is 0 Å². The molecule has 5 heteroatoms. The Morgan fingerprint density at radius 1 is 0.409 bits per heavy atom. The lowest BCUT2D eigenvalue weighted by Gasteiger charge is -2.11. The van der Waals surface area contributed by atoms with Gasteiger partial charge >= 0.3 is 0 Å². The summed E-state index contributed by atoms with van der Waals surface area (Å²) in [7, 11) is 0. The number of nitrogens with zero attached hydrogens (tertiary/aromatic N) is 5. The molecule has 0 spiro atoms. The Balaban J connectivity index is 1.42. The molecular formula is C39H23N5. The van der Waals surface area contributed by atoms with E-state index in [-0.39, 0.29) is 0 Å². The van der Waals surface area contributed by atoms with Crippen LogP contribution in [0.3, 0.4) is 0 Å². The Hall–Kier alpha value is -6.07. The summed E-state index contributed by atoms with van der Waals surface area (Å²) < 4.78 is 4.43. The largest absolute Gasteiger partial charge is 0.278 e. The van der Waals surface area contributed by atoms with E-state index in [1.165, 1.54) is 32.3 Å². The average Bonchev–Trinajstić information content (AvgIpc) is 3.63. The van der Waals surface area contributed by atoms with Crippen LogP contribution in [0, 0.1) is 0 Å². The third-order valence-corrected chi connectivity index (χ3v) is 8.89. The second-order valence-corrected chi connectivity index (χ2v) is 11.3. The van der Waals surface area contributed by atoms with Gasteiger partial charge in [0.25, 0.3) is 0 Å². The molecule has 6 aromatic carbocycles. The molecule has 4 aromatic heterocycles. The lowest BCUT2D eigenvalue weighted by Crippen LogP contribution is -2.04. The highest BCUT2D eigenvalue weighted by Gasteiger charge is 2.22. The maximum absolute atomic E-state index is 5.38. The molecule has 5 nitrogen and oxygen atoms in total. The van der Waals surface area contributed by atoms with E-state index in [4.69, 9.17) is 15.0 Å². The minimum absolute atomic E-state index is 0.622. The minimum Gasteiger partial charge on any atom is -0.278 e. The molecular weight excluding hydrogens is 538 g/mol. The zero-order valence-electron chi connectivity index (χ0n) is 23.5. The van der Waals surface area contributed by atoms with Crippen molar-refractivity contribution in [2.75, 3.05) is 0 Å². The first kappa shape index (κ1) is 23.5. The number of imidazole rings is 1. The molecule has 0 aliphatic rings. The van der Waals surface area contributed by atoms with E-state index in [0.29, 0.717) is 5.95 Å². The van der Waals surface area contributed by atoms with Crippen molar-refractivity contribution in [3.8, 4) is 17.2 Å². The number of pyridine rings is 1. The van der Waals surface area contributed by atoms with E-state index >= 15 is 0 Å². The highest BCUT2D eigenvalue weighted by molar-refractivity contribution is 6.15. The second-order valence-electron chi connectivity index (χ2n) is 11.3. The molecule has 204 valence electrons. The first-order valence-corrected chi connectivity index (χ1v) is 14.8.